The van der Waals surface area contributed by atoms with Gasteiger partial charge in [0.25, 0.3) is 0 Å². The van der Waals surface area contributed by atoms with E-state index in [9.17, 15) is 4.39 Å². The van der Waals surface area contributed by atoms with Crippen LogP contribution >= 0.6 is 11.6 Å². The van der Waals surface area contributed by atoms with Gasteiger partial charge in [0.2, 0.25) is 0 Å². The predicted molar refractivity (Wildman–Crippen MR) is 56.2 cm³/mol. The smallest absolute Gasteiger partial charge is 0.124 e. The lowest BCUT2D eigenvalue weighted by Gasteiger charge is -2.09. The number of hydrogen-bond donors (Lipinski definition) is 1. The predicted octanol–water partition coefficient (Wildman–Crippen LogP) is 2.94. The van der Waals surface area contributed by atoms with Gasteiger partial charge in [0, 0.05) is 17.6 Å². The molecule has 0 aromatic heterocycles. The Balaban J connectivity index is 2.23. The number of nitrogens with one attached hydrogen (secondary N) is 1. The lowest BCUT2D eigenvalue weighted by atomic mass is 9.97. The summed E-state index contributed by atoms with van der Waals surface area (Å²) in [6.45, 7) is 3.06. The average molecular weight is 214 g/mol. The molecule has 1 saturated heterocycles. The molecule has 1 aliphatic heterocycles. The molecule has 2 rings (SSSR count). The summed E-state index contributed by atoms with van der Waals surface area (Å²) < 4.78 is 13.1. The minimum atomic E-state index is -0.243. The fourth-order valence-corrected chi connectivity index (χ4v) is 2.23. The molecule has 2 atom stereocenters. The van der Waals surface area contributed by atoms with Gasteiger partial charge in [0.05, 0.1) is 0 Å². The summed E-state index contributed by atoms with van der Waals surface area (Å²) >= 11 is 5.80. The summed E-state index contributed by atoms with van der Waals surface area (Å²) in [4.78, 5) is 0. The first-order valence-corrected chi connectivity index (χ1v) is 5.22. The molecule has 0 radical (unpaired) electrons. The maximum Gasteiger partial charge on any atom is 0.124 e. The molecule has 1 N–H and O–H groups in total. The van der Waals surface area contributed by atoms with Crippen molar-refractivity contribution in [2.45, 2.75) is 25.3 Å². The highest BCUT2D eigenvalue weighted by Gasteiger charge is 2.22. The molecule has 2 unspecified atom stereocenters. The van der Waals surface area contributed by atoms with Gasteiger partial charge in [0.1, 0.15) is 5.82 Å². The Labute approximate surface area is 88.3 Å². The fraction of sp³-hybridized carbons (Fsp3) is 0.455. The van der Waals surface area contributed by atoms with Crippen molar-refractivity contribution >= 4 is 11.6 Å². The number of hydrogen-bond acceptors (Lipinski definition) is 1. The molecule has 1 aromatic rings. The highest BCUT2D eigenvalue weighted by Crippen LogP contribution is 2.28. The Morgan fingerprint density at radius 2 is 2.21 bits per heavy atom. The zero-order valence-electron chi connectivity index (χ0n) is 8.06. The first-order valence-electron chi connectivity index (χ1n) is 4.84. The zero-order chi connectivity index (χ0) is 10.1. The molecule has 1 nitrogen and oxygen atoms in total. The largest absolute Gasteiger partial charge is 0.314 e. The van der Waals surface area contributed by atoms with E-state index in [1.165, 1.54) is 6.07 Å². The quantitative estimate of drug-likeness (QED) is 0.757. The van der Waals surface area contributed by atoms with Crippen LogP contribution in [0, 0.1) is 5.82 Å². The second-order valence-electron chi connectivity index (χ2n) is 3.94. The van der Waals surface area contributed by atoms with Crippen molar-refractivity contribution < 1.29 is 4.39 Å². The van der Waals surface area contributed by atoms with E-state index in [2.05, 4.69) is 12.2 Å². The summed E-state index contributed by atoms with van der Waals surface area (Å²) in [6.07, 6.45) is 1.06. The maximum absolute atomic E-state index is 13.1. The van der Waals surface area contributed by atoms with Gasteiger partial charge < -0.3 is 5.32 Å². The van der Waals surface area contributed by atoms with Gasteiger partial charge in [-0.3, -0.25) is 0 Å². The third-order valence-corrected chi connectivity index (χ3v) is 2.93. The molecule has 1 aliphatic rings. The second kappa shape index (κ2) is 3.87. The van der Waals surface area contributed by atoms with E-state index in [1.54, 1.807) is 6.07 Å². The maximum atomic E-state index is 13.1. The molecule has 0 saturated carbocycles. The van der Waals surface area contributed by atoms with Crippen molar-refractivity contribution in [3.05, 3.63) is 34.6 Å². The van der Waals surface area contributed by atoms with Gasteiger partial charge in [-0.05, 0) is 43.0 Å². The molecule has 1 aromatic carbocycles. The number of benzene rings is 1. The molecule has 0 amide bonds. The van der Waals surface area contributed by atoms with Gasteiger partial charge in [-0.25, -0.2) is 4.39 Å². The molecule has 1 heterocycles. The van der Waals surface area contributed by atoms with E-state index in [0.29, 0.717) is 17.0 Å². The lowest BCUT2D eigenvalue weighted by Crippen LogP contribution is -2.16. The van der Waals surface area contributed by atoms with Crippen LogP contribution in [0.2, 0.25) is 5.02 Å². The van der Waals surface area contributed by atoms with E-state index in [4.69, 9.17) is 11.6 Å². The molecule has 3 heteroatoms. The summed E-state index contributed by atoms with van der Waals surface area (Å²) in [7, 11) is 0. The van der Waals surface area contributed by atoms with Crippen LogP contribution in [0.3, 0.4) is 0 Å². The Hall–Kier alpha value is -0.600. The van der Waals surface area contributed by atoms with Crippen molar-refractivity contribution in [3.8, 4) is 0 Å². The highest BCUT2D eigenvalue weighted by molar-refractivity contribution is 6.30. The molecule has 1 fully saturated rings. The van der Waals surface area contributed by atoms with Crippen molar-refractivity contribution in [3.63, 3.8) is 0 Å². The summed E-state index contributed by atoms with van der Waals surface area (Å²) in [6, 6.07) is 5.30. The fourth-order valence-electron chi connectivity index (χ4n) is 2.00. The highest BCUT2D eigenvalue weighted by atomic mass is 35.5. The van der Waals surface area contributed by atoms with Crippen LogP contribution in [0.15, 0.2) is 18.2 Å². The van der Waals surface area contributed by atoms with Crippen molar-refractivity contribution in [2.24, 2.45) is 0 Å². The zero-order valence-corrected chi connectivity index (χ0v) is 8.81. The molecule has 0 bridgehead atoms. The number of rotatable bonds is 1. The third kappa shape index (κ3) is 2.07. The van der Waals surface area contributed by atoms with E-state index >= 15 is 0 Å². The molecule has 0 spiro atoms. The topological polar surface area (TPSA) is 12.0 Å². The Morgan fingerprint density at radius 1 is 1.43 bits per heavy atom. The SMILES string of the molecule is CC1CC(c2cc(F)cc(Cl)c2)CN1. The molecule has 76 valence electrons. The minimum Gasteiger partial charge on any atom is -0.314 e. The lowest BCUT2D eigenvalue weighted by molar-refractivity contribution is 0.619. The first-order chi connectivity index (χ1) is 6.65. The monoisotopic (exact) mass is 213 g/mol. The van der Waals surface area contributed by atoms with E-state index in [0.717, 1.165) is 18.5 Å². The van der Waals surface area contributed by atoms with Gasteiger partial charge >= 0.3 is 0 Å². The van der Waals surface area contributed by atoms with Crippen molar-refractivity contribution in [1.82, 2.24) is 5.32 Å². The van der Waals surface area contributed by atoms with Crippen LogP contribution in [-0.2, 0) is 0 Å². The van der Waals surface area contributed by atoms with Crippen LogP contribution in [0.1, 0.15) is 24.8 Å². The first kappa shape index (κ1) is 9.94. The Bertz CT molecular complexity index is 320. The Morgan fingerprint density at radius 3 is 2.79 bits per heavy atom. The van der Waals surface area contributed by atoms with Gasteiger partial charge in [0.15, 0.2) is 0 Å². The molecular weight excluding hydrogens is 201 g/mol. The third-order valence-electron chi connectivity index (χ3n) is 2.71. The average Bonchev–Trinajstić information content (AvgIpc) is 2.50. The second-order valence-corrected chi connectivity index (χ2v) is 4.38. The van der Waals surface area contributed by atoms with Crippen molar-refractivity contribution in [2.75, 3.05) is 6.54 Å². The van der Waals surface area contributed by atoms with Crippen LogP contribution in [0.25, 0.3) is 0 Å². The summed E-state index contributed by atoms with van der Waals surface area (Å²) in [5.41, 5.74) is 1.01. The van der Waals surface area contributed by atoms with Crippen LogP contribution in [0.5, 0.6) is 0 Å². The summed E-state index contributed by atoms with van der Waals surface area (Å²) in [5.74, 6) is 0.158. The van der Waals surface area contributed by atoms with Crippen LogP contribution in [-0.4, -0.2) is 12.6 Å². The molecular formula is C11H13ClFN. The van der Waals surface area contributed by atoms with Crippen LogP contribution < -0.4 is 5.32 Å². The van der Waals surface area contributed by atoms with Gasteiger partial charge in [-0.15, -0.1) is 0 Å². The minimum absolute atomic E-state index is 0.243. The number of halogens is 2. The van der Waals surface area contributed by atoms with Crippen LogP contribution in [0.4, 0.5) is 4.39 Å². The Kier molecular flexibility index (Phi) is 2.75. The molecule has 14 heavy (non-hydrogen) atoms. The van der Waals surface area contributed by atoms with Crippen molar-refractivity contribution in [1.29, 1.82) is 0 Å². The summed E-state index contributed by atoms with van der Waals surface area (Å²) in [5, 5.41) is 3.83. The van der Waals surface area contributed by atoms with E-state index < -0.39 is 0 Å². The van der Waals surface area contributed by atoms with E-state index in [1.807, 2.05) is 6.07 Å². The van der Waals surface area contributed by atoms with Gasteiger partial charge in [-0.1, -0.05) is 11.6 Å². The van der Waals surface area contributed by atoms with E-state index in [-0.39, 0.29) is 5.82 Å². The molecule has 0 aliphatic carbocycles. The standard InChI is InChI=1S/C11H13ClFN/c1-7-2-9(6-14-7)8-3-10(12)5-11(13)4-8/h3-5,7,9,14H,2,6H2,1H3. The van der Waals surface area contributed by atoms with Gasteiger partial charge in [-0.2, -0.15) is 0 Å². The normalized spacial score (nSPS) is 26.8.